The van der Waals surface area contributed by atoms with Crippen molar-refractivity contribution in [2.24, 2.45) is 4.99 Å². The van der Waals surface area contributed by atoms with E-state index in [1.807, 2.05) is 6.07 Å². The van der Waals surface area contributed by atoms with Gasteiger partial charge in [0.2, 0.25) is 5.91 Å². The quantitative estimate of drug-likeness (QED) is 0.884. The lowest BCUT2D eigenvalue weighted by Gasteiger charge is -2.10. The predicted molar refractivity (Wildman–Crippen MR) is 83.0 cm³/mol. The molecule has 2 aliphatic heterocycles. The highest BCUT2D eigenvalue weighted by Crippen LogP contribution is 2.18. The molecule has 2 atom stereocenters. The van der Waals surface area contributed by atoms with Crippen molar-refractivity contribution in [3.8, 4) is 0 Å². The minimum absolute atomic E-state index is 0.157. The number of amidine groups is 1. The van der Waals surface area contributed by atoms with Crippen molar-refractivity contribution < 1.29 is 4.79 Å². The number of nitrogens with one attached hydrogen (secondary N) is 2. The zero-order chi connectivity index (χ0) is 13.8. The minimum atomic E-state index is 0.157. The van der Waals surface area contributed by atoms with Gasteiger partial charge < -0.3 is 10.6 Å². The molecule has 0 radical (unpaired) electrons. The summed E-state index contributed by atoms with van der Waals surface area (Å²) < 4.78 is 0. The Kier molecular flexibility index (Phi) is 4.25. The van der Waals surface area contributed by atoms with E-state index in [9.17, 15) is 4.79 Å². The van der Waals surface area contributed by atoms with Crippen molar-refractivity contribution in [2.75, 3.05) is 12.3 Å². The Labute approximate surface area is 123 Å². The Hall–Kier alpha value is -1.49. The zero-order valence-electron chi connectivity index (χ0n) is 11.3. The van der Waals surface area contributed by atoms with Gasteiger partial charge in [-0.3, -0.25) is 9.79 Å². The number of carbonyl (C=O) groups is 1. The molecule has 0 spiro atoms. The number of rotatable bonds is 4. The number of hydrogen-bond donors (Lipinski definition) is 2. The van der Waals surface area contributed by atoms with Gasteiger partial charge in [0.15, 0.2) is 5.17 Å². The van der Waals surface area contributed by atoms with Crippen LogP contribution in [0, 0.1) is 0 Å². The summed E-state index contributed by atoms with van der Waals surface area (Å²) in [6.45, 7) is 0.694. The average Bonchev–Trinajstić information content (AvgIpc) is 3.07. The number of carbonyl (C=O) groups excluding carboxylic acids is 1. The first kappa shape index (κ1) is 13.5. The molecule has 1 amide bonds. The van der Waals surface area contributed by atoms with E-state index in [0.29, 0.717) is 19.0 Å². The van der Waals surface area contributed by atoms with Crippen LogP contribution in [-0.4, -0.2) is 35.5 Å². The second-order valence-electron chi connectivity index (χ2n) is 5.29. The Morgan fingerprint density at radius 3 is 2.80 bits per heavy atom. The third kappa shape index (κ3) is 3.54. The van der Waals surface area contributed by atoms with Crippen molar-refractivity contribution in [2.45, 2.75) is 31.3 Å². The summed E-state index contributed by atoms with van der Waals surface area (Å²) >= 11 is 1.78. The molecule has 2 heterocycles. The summed E-state index contributed by atoms with van der Waals surface area (Å²) in [5.41, 5.74) is 1.36. The molecule has 1 aromatic carbocycles. The molecule has 0 saturated carbocycles. The first-order valence-electron chi connectivity index (χ1n) is 7.06. The molecule has 4 nitrogen and oxygen atoms in total. The summed E-state index contributed by atoms with van der Waals surface area (Å²) in [4.78, 5) is 15.7. The highest BCUT2D eigenvalue weighted by atomic mass is 32.2. The lowest BCUT2D eigenvalue weighted by Crippen LogP contribution is -2.31. The zero-order valence-corrected chi connectivity index (χ0v) is 12.2. The fourth-order valence-electron chi connectivity index (χ4n) is 2.54. The van der Waals surface area contributed by atoms with Gasteiger partial charge in [0.1, 0.15) is 0 Å². The molecule has 5 heteroatoms. The number of aliphatic imine (C=N–C) groups is 1. The topological polar surface area (TPSA) is 53.5 Å². The number of thioether (sulfide) groups is 1. The van der Waals surface area contributed by atoms with Gasteiger partial charge in [0.25, 0.3) is 0 Å². The highest BCUT2D eigenvalue weighted by molar-refractivity contribution is 8.14. The lowest BCUT2D eigenvalue weighted by atomic mass is 10.1. The van der Waals surface area contributed by atoms with Crippen molar-refractivity contribution in [3.05, 3.63) is 35.9 Å². The van der Waals surface area contributed by atoms with Gasteiger partial charge in [0, 0.05) is 24.3 Å². The van der Waals surface area contributed by atoms with Gasteiger partial charge in [-0.1, -0.05) is 42.1 Å². The molecular formula is C15H19N3OS. The number of amides is 1. The van der Waals surface area contributed by atoms with Crippen LogP contribution in [-0.2, 0) is 11.2 Å². The second kappa shape index (κ2) is 6.31. The van der Waals surface area contributed by atoms with Gasteiger partial charge in [-0.25, -0.2) is 0 Å². The van der Waals surface area contributed by atoms with Gasteiger partial charge in [-0.2, -0.15) is 0 Å². The third-order valence-corrected chi connectivity index (χ3v) is 4.70. The molecule has 0 aromatic heterocycles. The first-order valence-corrected chi connectivity index (χ1v) is 8.05. The van der Waals surface area contributed by atoms with Gasteiger partial charge >= 0.3 is 0 Å². The molecule has 2 saturated heterocycles. The smallest absolute Gasteiger partial charge is 0.220 e. The Bertz CT molecular complexity index is 503. The Balaban J connectivity index is 1.48. The molecule has 1 aromatic rings. The summed E-state index contributed by atoms with van der Waals surface area (Å²) in [5, 5.41) is 7.44. The molecular weight excluding hydrogens is 270 g/mol. The van der Waals surface area contributed by atoms with Gasteiger partial charge in [-0.15, -0.1) is 0 Å². The average molecular weight is 289 g/mol. The number of nitrogens with zero attached hydrogens (tertiary/aromatic N) is 1. The van der Waals surface area contributed by atoms with Crippen LogP contribution >= 0.6 is 11.8 Å². The summed E-state index contributed by atoms with van der Waals surface area (Å²) in [5.74, 6) is 1.22. The molecule has 3 rings (SSSR count). The lowest BCUT2D eigenvalue weighted by molar-refractivity contribution is -0.119. The monoisotopic (exact) mass is 289 g/mol. The van der Waals surface area contributed by atoms with E-state index in [4.69, 9.17) is 0 Å². The van der Waals surface area contributed by atoms with Gasteiger partial charge in [0.05, 0.1) is 6.54 Å². The SMILES string of the molecule is O=C1CCC(CN=C2NC(Cc3ccccc3)CS2)N1. The van der Waals surface area contributed by atoms with Crippen LogP contribution in [0.5, 0.6) is 0 Å². The second-order valence-corrected chi connectivity index (χ2v) is 6.30. The van der Waals surface area contributed by atoms with E-state index in [0.717, 1.165) is 23.8 Å². The van der Waals surface area contributed by atoms with Crippen molar-refractivity contribution >= 4 is 22.8 Å². The molecule has 2 N–H and O–H groups in total. The van der Waals surface area contributed by atoms with E-state index in [1.165, 1.54) is 5.56 Å². The third-order valence-electron chi connectivity index (χ3n) is 3.61. The highest BCUT2D eigenvalue weighted by Gasteiger charge is 2.23. The van der Waals surface area contributed by atoms with E-state index < -0.39 is 0 Å². The van der Waals surface area contributed by atoms with Gasteiger partial charge in [-0.05, 0) is 18.4 Å². The molecule has 106 valence electrons. The fourth-order valence-corrected chi connectivity index (χ4v) is 3.52. The Morgan fingerprint density at radius 1 is 1.20 bits per heavy atom. The van der Waals surface area contributed by atoms with Crippen LogP contribution in [0.25, 0.3) is 0 Å². The largest absolute Gasteiger partial charge is 0.361 e. The molecule has 2 fully saturated rings. The fraction of sp³-hybridized carbons (Fsp3) is 0.467. The predicted octanol–water partition coefficient (Wildman–Crippen LogP) is 1.57. The van der Waals surface area contributed by atoms with Crippen molar-refractivity contribution in [1.82, 2.24) is 10.6 Å². The molecule has 20 heavy (non-hydrogen) atoms. The number of hydrogen-bond acceptors (Lipinski definition) is 3. The molecule has 2 aliphatic rings. The van der Waals surface area contributed by atoms with Crippen LogP contribution in [0.2, 0.25) is 0 Å². The van der Waals surface area contributed by atoms with E-state index in [1.54, 1.807) is 11.8 Å². The summed E-state index contributed by atoms with van der Waals surface area (Å²) in [7, 11) is 0. The number of benzene rings is 1. The standard InChI is InChI=1S/C15H19N3OS/c19-14-7-6-12(17-14)9-16-15-18-13(10-20-15)8-11-4-2-1-3-5-11/h1-5,12-13H,6-10H2,(H,16,18)(H,17,19). The minimum Gasteiger partial charge on any atom is -0.361 e. The van der Waals surface area contributed by atoms with E-state index in [2.05, 4.69) is 39.9 Å². The molecule has 0 bridgehead atoms. The Morgan fingerprint density at radius 2 is 2.05 bits per heavy atom. The first-order chi connectivity index (χ1) is 9.79. The molecule has 2 unspecified atom stereocenters. The van der Waals surface area contributed by atoms with Crippen LogP contribution < -0.4 is 10.6 Å². The summed E-state index contributed by atoms with van der Waals surface area (Å²) in [6, 6.07) is 11.2. The van der Waals surface area contributed by atoms with Crippen LogP contribution in [0.3, 0.4) is 0 Å². The molecule has 0 aliphatic carbocycles. The van der Waals surface area contributed by atoms with Crippen LogP contribution in [0.4, 0.5) is 0 Å². The van der Waals surface area contributed by atoms with Crippen molar-refractivity contribution in [1.29, 1.82) is 0 Å². The van der Waals surface area contributed by atoms with E-state index in [-0.39, 0.29) is 11.9 Å². The van der Waals surface area contributed by atoms with E-state index >= 15 is 0 Å². The normalized spacial score (nSPS) is 27.6. The van der Waals surface area contributed by atoms with Crippen molar-refractivity contribution in [3.63, 3.8) is 0 Å². The maximum Gasteiger partial charge on any atom is 0.220 e. The maximum atomic E-state index is 11.1. The summed E-state index contributed by atoms with van der Waals surface area (Å²) in [6.07, 6.45) is 2.59. The van der Waals surface area contributed by atoms with Crippen LogP contribution in [0.1, 0.15) is 18.4 Å². The van der Waals surface area contributed by atoms with Crippen LogP contribution in [0.15, 0.2) is 35.3 Å². The maximum absolute atomic E-state index is 11.1.